The van der Waals surface area contributed by atoms with Crippen molar-refractivity contribution >= 4 is 38.3 Å². The lowest BCUT2D eigenvalue weighted by atomic mass is 9.85. The van der Waals surface area contributed by atoms with Gasteiger partial charge >= 0.3 is 0 Å². The Balaban J connectivity index is 1.28. The number of pyridine rings is 1. The van der Waals surface area contributed by atoms with Gasteiger partial charge in [-0.2, -0.15) is 0 Å². The molecular formula is C25H32BrN3O2. The minimum atomic E-state index is 0.194. The van der Waals surface area contributed by atoms with E-state index in [1.165, 1.54) is 25.9 Å². The second kappa shape index (κ2) is 9.16. The van der Waals surface area contributed by atoms with Gasteiger partial charge in [0.2, 0.25) is 0 Å². The van der Waals surface area contributed by atoms with Gasteiger partial charge in [0, 0.05) is 54.8 Å². The standard InChI is InChI=1S/C25H32BrN3O2/c1-31-20-10-11-29(15-20)14-16-2-7-19(8-3-16)28-24-21-12-18(26)6-9-23(21)27-13-22(24)25(30)17-4-5-17/h6,9,12-13,16-17,19-20H,2-5,7-8,10-11,14-15H2,1H3,(H,27,28). The van der Waals surface area contributed by atoms with Crippen molar-refractivity contribution in [2.45, 2.75) is 57.1 Å². The number of Topliss-reactive ketones (excluding diaryl/α,β-unsaturated/α-hetero) is 1. The van der Waals surface area contributed by atoms with Crippen LogP contribution in [-0.4, -0.2) is 54.6 Å². The molecule has 1 atom stereocenters. The Kier molecular flexibility index (Phi) is 6.31. The molecule has 166 valence electrons. The molecule has 2 saturated carbocycles. The summed E-state index contributed by atoms with van der Waals surface area (Å²) in [7, 11) is 1.83. The van der Waals surface area contributed by atoms with Crippen LogP contribution in [0.1, 0.15) is 55.3 Å². The molecule has 3 aliphatic rings. The van der Waals surface area contributed by atoms with Gasteiger partial charge in [-0.1, -0.05) is 15.9 Å². The van der Waals surface area contributed by atoms with Crippen LogP contribution in [0.15, 0.2) is 28.9 Å². The highest BCUT2D eigenvalue weighted by atomic mass is 79.9. The third kappa shape index (κ3) is 4.81. The maximum atomic E-state index is 13.0. The first-order chi connectivity index (χ1) is 15.1. The first-order valence-corrected chi connectivity index (χ1v) is 12.5. The largest absolute Gasteiger partial charge is 0.381 e. The van der Waals surface area contributed by atoms with E-state index < -0.39 is 0 Å². The summed E-state index contributed by atoms with van der Waals surface area (Å²) in [5, 5.41) is 4.85. The number of ether oxygens (including phenoxy) is 1. The molecule has 0 radical (unpaired) electrons. The molecule has 1 aliphatic heterocycles. The molecule has 0 spiro atoms. The predicted octanol–water partition coefficient (Wildman–Crippen LogP) is 5.28. The van der Waals surface area contributed by atoms with E-state index in [0.717, 1.165) is 71.2 Å². The number of nitrogens with one attached hydrogen (secondary N) is 1. The number of anilines is 1. The van der Waals surface area contributed by atoms with Crippen molar-refractivity contribution < 1.29 is 9.53 Å². The first kappa shape index (κ1) is 21.4. The lowest BCUT2D eigenvalue weighted by Gasteiger charge is -2.32. The SMILES string of the molecule is COC1CCN(CC2CCC(Nc3c(C(=O)C4CC4)cnc4ccc(Br)cc34)CC2)C1. The summed E-state index contributed by atoms with van der Waals surface area (Å²) in [6.45, 7) is 3.45. The average Bonchev–Trinajstić information content (AvgIpc) is 3.54. The summed E-state index contributed by atoms with van der Waals surface area (Å²) in [6.07, 6.45) is 10.2. The highest BCUT2D eigenvalue weighted by Gasteiger charge is 2.33. The van der Waals surface area contributed by atoms with Crippen LogP contribution in [0.2, 0.25) is 0 Å². The molecular weight excluding hydrogens is 454 g/mol. The Hall–Kier alpha value is -1.50. The van der Waals surface area contributed by atoms with Crippen molar-refractivity contribution in [1.82, 2.24) is 9.88 Å². The minimum absolute atomic E-state index is 0.194. The summed E-state index contributed by atoms with van der Waals surface area (Å²) in [6, 6.07) is 6.55. The van der Waals surface area contributed by atoms with Gasteiger partial charge in [0.25, 0.3) is 0 Å². The Morgan fingerprint density at radius 3 is 2.71 bits per heavy atom. The molecule has 0 bridgehead atoms. The van der Waals surface area contributed by atoms with Gasteiger partial charge in [-0.25, -0.2) is 0 Å². The van der Waals surface area contributed by atoms with E-state index in [9.17, 15) is 4.79 Å². The fraction of sp³-hybridized carbons (Fsp3) is 0.600. The molecule has 31 heavy (non-hydrogen) atoms. The maximum Gasteiger partial charge on any atom is 0.169 e. The average molecular weight is 486 g/mol. The van der Waals surface area contributed by atoms with Crippen molar-refractivity contribution in [2.24, 2.45) is 11.8 Å². The van der Waals surface area contributed by atoms with E-state index in [0.29, 0.717) is 12.1 Å². The van der Waals surface area contributed by atoms with Crippen molar-refractivity contribution in [2.75, 3.05) is 32.1 Å². The third-order valence-corrected chi connectivity index (χ3v) is 7.81. The Labute approximate surface area is 193 Å². The van der Waals surface area contributed by atoms with Crippen LogP contribution >= 0.6 is 15.9 Å². The van der Waals surface area contributed by atoms with Crippen LogP contribution in [0.25, 0.3) is 10.9 Å². The Morgan fingerprint density at radius 1 is 1.19 bits per heavy atom. The second-order valence-electron chi connectivity index (χ2n) is 9.61. The van der Waals surface area contributed by atoms with Gasteiger partial charge in [-0.15, -0.1) is 0 Å². The second-order valence-corrected chi connectivity index (χ2v) is 10.5. The van der Waals surface area contributed by atoms with Crippen LogP contribution in [0.4, 0.5) is 5.69 Å². The molecule has 1 aromatic heterocycles. The van der Waals surface area contributed by atoms with Gasteiger partial charge in [-0.3, -0.25) is 9.78 Å². The van der Waals surface area contributed by atoms with Crippen molar-refractivity contribution in [3.05, 3.63) is 34.4 Å². The molecule has 1 aromatic carbocycles. The zero-order chi connectivity index (χ0) is 21.4. The number of carbonyl (C=O) groups excluding carboxylic acids is 1. The summed E-state index contributed by atoms with van der Waals surface area (Å²) in [5.41, 5.74) is 2.71. The molecule has 0 amide bonds. The van der Waals surface area contributed by atoms with Gasteiger partial charge in [0.15, 0.2) is 5.78 Å². The number of hydrogen-bond donors (Lipinski definition) is 1. The molecule has 2 heterocycles. The number of nitrogens with zero attached hydrogens (tertiary/aromatic N) is 2. The molecule has 1 saturated heterocycles. The molecule has 2 aromatic rings. The summed E-state index contributed by atoms with van der Waals surface area (Å²) < 4.78 is 6.54. The van der Waals surface area contributed by atoms with E-state index in [1.807, 2.05) is 19.2 Å². The fourth-order valence-corrected chi connectivity index (χ4v) is 5.65. The Bertz CT molecular complexity index is 953. The molecule has 1 unspecified atom stereocenters. The number of rotatable bonds is 7. The number of methoxy groups -OCH3 is 1. The molecule has 1 N–H and O–H groups in total. The minimum Gasteiger partial charge on any atom is -0.381 e. The van der Waals surface area contributed by atoms with E-state index in [2.05, 4.69) is 37.2 Å². The van der Waals surface area contributed by atoms with Crippen LogP contribution in [0.5, 0.6) is 0 Å². The molecule has 5 rings (SSSR count). The quantitative estimate of drug-likeness (QED) is 0.540. The summed E-state index contributed by atoms with van der Waals surface area (Å²) >= 11 is 3.60. The summed E-state index contributed by atoms with van der Waals surface area (Å²) in [4.78, 5) is 20.2. The molecule has 2 aliphatic carbocycles. The van der Waals surface area contributed by atoms with Crippen LogP contribution in [-0.2, 0) is 4.74 Å². The Morgan fingerprint density at radius 2 is 2.00 bits per heavy atom. The van der Waals surface area contributed by atoms with E-state index in [-0.39, 0.29) is 11.7 Å². The lowest BCUT2D eigenvalue weighted by molar-refractivity contribution is 0.0968. The zero-order valence-corrected chi connectivity index (χ0v) is 19.9. The highest BCUT2D eigenvalue weighted by molar-refractivity contribution is 9.10. The molecule has 5 nitrogen and oxygen atoms in total. The number of likely N-dealkylation sites (tertiary alicyclic amines) is 1. The van der Waals surface area contributed by atoms with Gasteiger partial charge in [-0.05, 0) is 69.1 Å². The van der Waals surface area contributed by atoms with Crippen molar-refractivity contribution in [3.63, 3.8) is 0 Å². The number of hydrogen-bond acceptors (Lipinski definition) is 5. The predicted molar refractivity (Wildman–Crippen MR) is 128 cm³/mol. The van der Waals surface area contributed by atoms with Crippen LogP contribution in [0, 0.1) is 11.8 Å². The highest BCUT2D eigenvalue weighted by Crippen LogP contribution is 2.38. The fourth-order valence-electron chi connectivity index (χ4n) is 5.29. The van der Waals surface area contributed by atoms with Crippen molar-refractivity contribution in [1.29, 1.82) is 0 Å². The van der Waals surface area contributed by atoms with Crippen LogP contribution < -0.4 is 5.32 Å². The number of aromatic nitrogens is 1. The topological polar surface area (TPSA) is 54.5 Å². The third-order valence-electron chi connectivity index (χ3n) is 7.32. The number of carbonyl (C=O) groups is 1. The smallest absolute Gasteiger partial charge is 0.169 e. The zero-order valence-electron chi connectivity index (χ0n) is 18.3. The summed E-state index contributed by atoms with van der Waals surface area (Å²) in [5.74, 6) is 1.22. The van der Waals surface area contributed by atoms with E-state index >= 15 is 0 Å². The van der Waals surface area contributed by atoms with E-state index in [1.54, 1.807) is 6.20 Å². The maximum absolute atomic E-state index is 13.0. The van der Waals surface area contributed by atoms with Crippen LogP contribution in [0.3, 0.4) is 0 Å². The first-order valence-electron chi connectivity index (χ1n) is 11.7. The normalized spacial score (nSPS) is 27.0. The molecule has 3 fully saturated rings. The number of ketones is 1. The van der Waals surface area contributed by atoms with Gasteiger partial charge in [0.1, 0.15) is 0 Å². The van der Waals surface area contributed by atoms with Crippen molar-refractivity contribution in [3.8, 4) is 0 Å². The molecule has 6 heteroatoms. The number of benzene rings is 1. The monoisotopic (exact) mass is 485 g/mol. The van der Waals surface area contributed by atoms with Gasteiger partial charge in [0.05, 0.1) is 22.9 Å². The number of halogens is 1. The van der Waals surface area contributed by atoms with Gasteiger partial charge < -0.3 is 15.0 Å². The number of fused-ring (bicyclic) bond motifs is 1. The van der Waals surface area contributed by atoms with E-state index in [4.69, 9.17) is 4.74 Å². The lowest BCUT2D eigenvalue weighted by Crippen LogP contribution is -2.34.